The number of piperidine rings is 1. The molecule has 1 atom stereocenters. The van der Waals surface area contributed by atoms with Gasteiger partial charge >= 0.3 is 0 Å². The third kappa shape index (κ3) is 4.54. The minimum atomic E-state index is -3.15. The number of hydrogen-bond donors (Lipinski definition) is 2. The van der Waals surface area contributed by atoms with Crippen molar-refractivity contribution in [2.45, 2.75) is 49.0 Å². The highest BCUT2D eigenvalue weighted by atomic mass is 32.2. The van der Waals surface area contributed by atoms with E-state index in [0.717, 1.165) is 12.8 Å². The van der Waals surface area contributed by atoms with Gasteiger partial charge in [0.05, 0.1) is 22.3 Å². The van der Waals surface area contributed by atoms with E-state index in [2.05, 4.69) is 25.4 Å². The summed E-state index contributed by atoms with van der Waals surface area (Å²) < 4.78 is 32.0. The maximum atomic E-state index is 12.5. The maximum Gasteiger partial charge on any atom is 0.262 e. The van der Waals surface area contributed by atoms with E-state index in [1.165, 1.54) is 4.90 Å². The molecule has 3 fully saturated rings. The second-order valence-electron chi connectivity index (χ2n) is 10.1. The average molecular weight is 540 g/mol. The summed E-state index contributed by atoms with van der Waals surface area (Å²) in [6.45, 7) is 1.43. The summed E-state index contributed by atoms with van der Waals surface area (Å²) in [5.41, 5.74) is 0.393. The standard InChI is InChI=1S/C25H29N7O5S/c1-31-14-10-25(34,23(31)33)22-15-21(30-37-22)19-4-2-3-18(28-19)20-7-11-26-24(29-20)27-16-8-12-32(13-9-16)38(35,36)17-5-6-17/h2-4,7,11,15-17,34H,5-6,8-10,12-14H2,1H3,(H,26,27,29). The Balaban J connectivity index is 1.15. The van der Waals surface area contributed by atoms with Crippen molar-refractivity contribution in [1.29, 1.82) is 0 Å². The molecule has 13 heteroatoms. The highest BCUT2D eigenvalue weighted by Gasteiger charge is 2.48. The highest BCUT2D eigenvalue weighted by Crippen LogP contribution is 2.35. The van der Waals surface area contributed by atoms with Crippen molar-refractivity contribution >= 4 is 21.9 Å². The van der Waals surface area contributed by atoms with Gasteiger partial charge in [-0.3, -0.25) is 4.79 Å². The van der Waals surface area contributed by atoms with Crippen LogP contribution in [0.1, 0.15) is 37.9 Å². The Bertz CT molecular complexity index is 1470. The third-order valence-corrected chi connectivity index (χ3v) is 9.85. The number of aromatic nitrogens is 4. The zero-order chi connectivity index (χ0) is 26.5. The molecule has 1 aliphatic carbocycles. The second-order valence-corrected chi connectivity index (χ2v) is 12.4. The molecule has 3 aromatic rings. The number of nitrogens with one attached hydrogen (secondary N) is 1. The number of amides is 1. The first-order valence-corrected chi connectivity index (χ1v) is 14.3. The molecular weight excluding hydrogens is 510 g/mol. The number of aliphatic hydroxyl groups is 1. The van der Waals surface area contributed by atoms with Crippen LogP contribution in [0, 0.1) is 0 Å². The summed E-state index contributed by atoms with van der Waals surface area (Å²) in [4.78, 5) is 27.5. The van der Waals surface area contributed by atoms with E-state index in [-0.39, 0.29) is 23.5 Å². The fraction of sp³-hybridized carbons (Fsp3) is 0.480. The van der Waals surface area contributed by atoms with Crippen LogP contribution in [0.15, 0.2) is 41.1 Å². The number of anilines is 1. The van der Waals surface area contributed by atoms with Crippen molar-refractivity contribution in [3.63, 3.8) is 0 Å². The van der Waals surface area contributed by atoms with Gasteiger partial charge in [-0.05, 0) is 43.9 Å². The van der Waals surface area contributed by atoms with Crippen LogP contribution in [0.25, 0.3) is 22.8 Å². The Labute approximate surface area is 220 Å². The molecule has 2 aliphatic heterocycles. The molecule has 0 aromatic carbocycles. The van der Waals surface area contributed by atoms with Crippen molar-refractivity contribution in [3.05, 3.63) is 42.3 Å². The summed E-state index contributed by atoms with van der Waals surface area (Å²) in [6, 6.07) is 8.79. The van der Waals surface area contributed by atoms with Crippen LogP contribution in [-0.4, -0.2) is 86.7 Å². The number of hydrogen-bond acceptors (Lipinski definition) is 10. The predicted molar refractivity (Wildman–Crippen MR) is 137 cm³/mol. The zero-order valence-corrected chi connectivity index (χ0v) is 21.8. The molecule has 0 radical (unpaired) electrons. The normalized spacial score (nSPS) is 23.2. The van der Waals surface area contributed by atoms with Gasteiger partial charge in [-0.15, -0.1) is 0 Å². The SMILES string of the molecule is CN1CCC(O)(c2cc(-c3cccc(-c4ccnc(NC5CCN(S(=O)(=O)C6CC6)CC5)n4)n3)no2)C1=O. The van der Waals surface area contributed by atoms with E-state index in [4.69, 9.17) is 4.52 Å². The van der Waals surface area contributed by atoms with Gasteiger partial charge in [-0.2, -0.15) is 0 Å². The Morgan fingerprint density at radius 1 is 1.03 bits per heavy atom. The number of nitrogens with zero attached hydrogens (tertiary/aromatic N) is 6. The van der Waals surface area contributed by atoms with Crippen LogP contribution in [0.5, 0.6) is 0 Å². The molecule has 38 heavy (non-hydrogen) atoms. The van der Waals surface area contributed by atoms with Crippen LogP contribution in [0.2, 0.25) is 0 Å². The predicted octanol–water partition coefficient (Wildman–Crippen LogP) is 1.61. The molecule has 200 valence electrons. The molecule has 0 spiro atoms. The first kappa shape index (κ1) is 24.9. The fourth-order valence-corrected chi connectivity index (χ4v) is 6.85. The van der Waals surface area contributed by atoms with E-state index >= 15 is 0 Å². The molecule has 2 N–H and O–H groups in total. The van der Waals surface area contributed by atoms with Gasteiger partial charge in [0.1, 0.15) is 5.69 Å². The van der Waals surface area contributed by atoms with Gasteiger partial charge in [0.2, 0.25) is 21.6 Å². The number of pyridine rings is 1. The lowest BCUT2D eigenvalue weighted by atomic mass is 9.98. The van der Waals surface area contributed by atoms with Crippen LogP contribution in [0.3, 0.4) is 0 Å². The maximum absolute atomic E-state index is 12.5. The Morgan fingerprint density at radius 2 is 1.74 bits per heavy atom. The summed E-state index contributed by atoms with van der Waals surface area (Å²) in [5.74, 6) is 0.129. The summed E-state index contributed by atoms with van der Waals surface area (Å²) in [6.07, 6.45) is 4.80. The van der Waals surface area contributed by atoms with Crippen molar-refractivity contribution in [2.24, 2.45) is 0 Å². The van der Waals surface area contributed by atoms with E-state index in [1.54, 1.807) is 35.7 Å². The number of likely N-dealkylation sites (N-methyl/N-ethyl adjacent to an activating group) is 1. The van der Waals surface area contributed by atoms with Gasteiger partial charge in [-0.1, -0.05) is 11.2 Å². The average Bonchev–Trinajstić information content (AvgIpc) is 3.63. The zero-order valence-electron chi connectivity index (χ0n) is 20.9. The molecule has 6 rings (SSSR count). The molecule has 0 bridgehead atoms. The smallest absolute Gasteiger partial charge is 0.262 e. The minimum absolute atomic E-state index is 0.0758. The molecule has 1 saturated carbocycles. The molecule has 2 saturated heterocycles. The Kier molecular flexibility index (Phi) is 6.16. The van der Waals surface area contributed by atoms with Crippen LogP contribution in [-0.2, 0) is 20.4 Å². The number of carbonyl (C=O) groups excluding carboxylic acids is 1. The topological polar surface area (TPSA) is 155 Å². The van der Waals surface area contributed by atoms with Gasteiger partial charge in [0, 0.05) is 51.4 Å². The molecular formula is C25H29N7O5S. The van der Waals surface area contributed by atoms with E-state index in [9.17, 15) is 18.3 Å². The van der Waals surface area contributed by atoms with E-state index in [1.807, 2.05) is 12.1 Å². The second kappa shape index (κ2) is 9.40. The number of carbonyl (C=O) groups is 1. The number of likely N-dealkylation sites (tertiary alicyclic amines) is 1. The molecule has 12 nitrogen and oxygen atoms in total. The lowest BCUT2D eigenvalue weighted by Gasteiger charge is -2.31. The Hall–Kier alpha value is -3.42. The van der Waals surface area contributed by atoms with Crippen molar-refractivity contribution in [3.8, 4) is 22.8 Å². The van der Waals surface area contributed by atoms with Crippen LogP contribution >= 0.6 is 0 Å². The molecule has 1 amide bonds. The molecule has 5 heterocycles. The quantitative estimate of drug-likeness (QED) is 0.452. The monoisotopic (exact) mass is 539 g/mol. The molecule has 3 aromatic heterocycles. The van der Waals surface area contributed by atoms with Gasteiger partial charge < -0.3 is 19.8 Å². The highest BCUT2D eigenvalue weighted by molar-refractivity contribution is 7.90. The van der Waals surface area contributed by atoms with Gasteiger partial charge in [-0.25, -0.2) is 27.7 Å². The van der Waals surface area contributed by atoms with E-state index < -0.39 is 21.5 Å². The number of sulfonamides is 1. The van der Waals surface area contributed by atoms with Crippen molar-refractivity contribution in [1.82, 2.24) is 29.3 Å². The van der Waals surface area contributed by atoms with Crippen molar-refractivity contribution in [2.75, 3.05) is 32.0 Å². The van der Waals surface area contributed by atoms with Gasteiger partial charge in [0.15, 0.2) is 5.76 Å². The van der Waals surface area contributed by atoms with Crippen molar-refractivity contribution < 1.29 is 22.8 Å². The lowest BCUT2D eigenvalue weighted by Crippen LogP contribution is -2.43. The minimum Gasteiger partial charge on any atom is -0.373 e. The van der Waals surface area contributed by atoms with Gasteiger partial charge in [0.25, 0.3) is 5.91 Å². The lowest BCUT2D eigenvalue weighted by molar-refractivity contribution is -0.144. The fourth-order valence-electron chi connectivity index (χ4n) is 4.98. The Morgan fingerprint density at radius 3 is 2.42 bits per heavy atom. The first-order chi connectivity index (χ1) is 18.2. The van der Waals surface area contributed by atoms with Crippen LogP contribution in [0.4, 0.5) is 5.95 Å². The first-order valence-electron chi connectivity index (χ1n) is 12.8. The largest absolute Gasteiger partial charge is 0.373 e. The molecule has 1 unspecified atom stereocenters. The van der Waals surface area contributed by atoms with E-state index in [0.29, 0.717) is 61.2 Å². The summed E-state index contributed by atoms with van der Waals surface area (Å²) in [5, 5.41) is 18.0. The molecule has 3 aliphatic rings. The summed E-state index contributed by atoms with van der Waals surface area (Å²) >= 11 is 0. The van der Waals surface area contributed by atoms with Crippen LogP contribution < -0.4 is 5.32 Å². The number of rotatable bonds is 7. The summed E-state index contributed by atoms with van der Waals surface area (Å²) in [7, 11) is -1.51. The third-order valence-electron chi connectivity index (χ3n) is 7.45.